The summed E-state index contributed by atoms with van der Waals surface area (Å²) in [5.74, 6) is 0. The number of hydrogen-bond donors (Lipinski definition) is 1. The predicted molar refractivity (Wildman–Crippen MR) is 80.3 cm³/mol. The van der Waals surface area contributed by atoms with Crippen LogP contribution in [-0.4, -0.2) is 20.6 Å². The summed E-state index contributed by atoms with van der Waals surface area (Å²) in [6.07, 6.45) is 4.80. The van der Waals surface area contributed by atoms with E-state index in [4.69, 9.17) is 12.2 Å². The molecule has 0 saturated heterocycles. The van der Waals surface area contributed by atoms with E-state index in [1.807, 2.05) is 17.8 Å². The predicted octanol–water partition coefficient (Wildman–Crippen LogP) is 4.36. The van der Waals surface area contributed by atoms with Crippen LogP contribution in [0.3, 0.4) is 0 Å². The Labute approximate surface area is 118 Å². The van der Waals surface area contributed by atoms with E-state index in [-0.39, 0.29) is 0 Å². The van der Waals surface area contributed by atoms with Crippen LogP contribution in [0.1, 0.15) is 12.8 Å². The highest BCUT2D eigenvalue weighted by Crippen LogP contribution is 2.48. The maximum atomic E-state index is 5.42. The van der Waals surface area contributed by atoms with Gasteiger partial charge in [-0.3, -0.25) is 0 Å². The molecule has 17 heavy (non-hydrogen) atoms. The lowest BCUT2D eigenvalue weighted by molar-refractivity contribution is 0.670. The number of aromatic amines is 1. The molecule has 1 N–H and O–H groups in total. The number of hydrogen-bond acceptors (Lipinski definition) is 2. The van der Waals surface area contributed by atoms with Crippen LogP contribution in [-0.2, 0) is 6.54 Å². The monoisotopic (exact) mass is 328 g/mol. The SMILES string of the molecule is CSC1(Cn2c(=S)[nH]c3ccc(Br)cc32)CC1. The van der Waals surface area contributed by atoms with Gasteiger partial charge in [0.05, 0.1) is 11.0 Å². The van der Waals surface area contributed by atoms with Gasteiger partial charge in [-0.1, -0.05) is 15.9 Å². The minimum Gasteiger partial charge on any atom is -0.331 e. The van der Waals surface area contributed by atoms with Crippen molar-refractivity contribution in [2.24, 2.45) is 0 Å². The molecule has 0 aliphatic heterocycles. The van der Waals surface area contributed by atoms with E-state index in [9.17, 15) is 0 Å². The molecule has 1 fully saturated rings. The van der Waals surface area contributed by atoms with Gasteiger partial charge in [-0.05, 0) is 49.5 Å². The Morgan fingerprint density at radius 3 is 2.94 bits per heavy atom. The van der Waals surface area contributed by atoms with Gasteiger partial charge in [0.25, 0.3) is 0 Å². The van der Waals surface area contributed by atoms with Gasteiger partial charge in [0.2, 0.25) is 0 Å². The number of thioether (sulfide) groups is 1. The van der Waals surface area contributed by atoms with Crippen molar-refractivity contribution in [1.29, 1.82) is 0 Å². The molecule has 1 saturated carbocycles. The average Bonchev–Trinajstić information content (AvgIpc) is 3.03. The molecule has 1 heterocycles. The number of imidazole rings is 1. The largest absolute Gasteiger partial charge is 0.331 e. The van der Waals surface area contributed by atoms with Crippen LogP contribution in [0, 0.1) is 4.77 Å². The molecule has 0 spiro atoms. The second-order valence-corrected chi connectivity index (χ2v) is 7.14. The van der Waals surface area contributed by atoms with Gasteiger partial charge in [-0.25, -0.2) is 0 Å². The van der Waals surface area contributed by atoms with Gasteiger partial charge >= 0.3 is 0 Å². The zero-order valence-corrected chi connectivity index (χ0v) is 12.7. The second kappa shape index (κ2) is 4.14. The summed E-state index contributed by atoms with van der Waals surface area (Å²) in [6.45, 7) is 1.02. The molecular formula is C12H13BrN2S2. The smallest absolute Gasteiger partial charge is 0.178 e. The first-order chi connectivity index (χ1) is 8.13. The second-order valence-electron chi connectivity index (χ2n) is 4.56. The molecule has 0 radical (unpaired) electrons. The van der Waals surface area contributed by atoms with Crippen molar-refractivity contribution in [3.8, 4) is 0 Å². The number of nitrogens with zero attached hydrogens (tertiary/aromatic N) is 1. The van der Waals surface area contributed by atoms with Crippen molar-refractivity contribution in [2.45, 2.75) is 24.1 Å². The van der Waals surface area contributed by atoms with Crippen molar-refractivity contribution in [1.82, 2.24) is 9.55 Å². The number of halogens is 1. The van der Waals surface area contributed by atoms with Crippen LogP contribution in [0.15, 0.2) is 22.7 Å². The van der Waals surface area contributed by atoms with Crippen LogP contribution in [0.4, 0.5) is 0 Å². The first-order valence-corrected chi connectivity index (χ1v) is 7.99. The van der Waals surface area contributed by atoms with Crippen LogP contribution < -0.4 is 0 Å². The summed E-state index contributed by atoms with van der Waals surface area (Å²) in [6, 6.07) is 6.25. The lowest BCUT2D eigenvalue weighted by atomic mass is 10.3. The van der Waals surface area contributed by atoms with Crippen LogP contribution in [0.25, 0.3) is 11.0 Å². The van der Waals surface area contributed by atoms with Crippen molar-refractivity contribution in [2.75, 3.05) is 6.26 Å². The van der Waals surface area contributed by atoms with E-state index in [0.29, 0.717) is 4.75 Å². The highest BCUT2D eigenvalue weighted by molar-refractivity contribution is 9.10. The molecule has 2 nitrogen and oxygen atoms in total. The van der Waals surface area contributed by atoms with Crippen molar-refractivity contribution < 1.29 is 0 Å². The topological polar surface area (TPSA) is 20.7 Å². The third kappa shape index (κ3) is 2.09. The van der Waals surface area contributed by atoms with Crippen LogP contribution >= 0.6 is 39.9 Å². The lowest BCUT2D eigenvalue weighted by Gasteiger charge is -2.13. The maximum absolute atomic E-state index is 5.42. The Bertz CT molecular complexity index is 625. The minimum absolute atomic E-state index is 0.426. The molecule has 0 unspecified atom stereocenters. The average molecular weight is 329 g/mol. The maximum Gasteiger partial charge on any atom is 0.178 e. The van der Waals surface area contributed by atoms with Gasteiger partial charge in [-0.15, -0.1) is 0 Å². The summed E-state index contributed by atoms with van der Waals surface area (Å²) >= 11 is 10.9. The van der Waals surface area contributed by atoms with E-state index in [1.165, 1.54) is 18.4 Å². The molecule has 0 atom stereocenters. The van der Waals surface area contributed by atoms with E-state index in [1.54, 1.807) is 0 Å². The Morgan fingerprint density at radius 2 is 2.29 bits per heavy atom. The number of H-pyrrole nitrogens is 1. The molecule has 1 aliphatic carbocycles. The Balaban J connectivity index is 2.11. The van der Waals surface area contributed by atoms with E-state index >= 15 is 0 Å². The summed E-state index contributed by atoms with van der Waals surface area (Å²) in [5.41, 5.74) is 2.32. The highest BCUT2D eigenvalue weighted by Gasteiger charge is 2.42. The van der Waals surface area contributed by atoms with E-state index < -0.39 is 0 Å². The Hall–Kier alpha value is -0.260. The quantitative estimate of drug-likeness (QED) is 0.845. The normalized spacial score (nSPS) is 17.5. The molecule has 90 valence electrons. The summed E-state index contributed by atoms with van der Waals surface area (Å²) < 4.78 is 4.59. The van der Waals surface area contributed by atoms with Crippen LogP contribution in [0.2, 0.25) is 0 Å². The molecule has 2 aromatic rings. The Morgan fingerprint density at radius 1 is 1.53 bits per heavy atom. The fraction of sp³-hybridized carbons (Fsp3) is 0.417. The minimum atomic E-state index is 0.426. The number of nitrogens with one attached hydrogen (secondary N) is 1. The van der Waals surface area contributed by atoms with Gasteiger partial charge in [-0.2, -0.15) is 11.8 Å². The van der Waals surface area contributed by atoms with E-state index in [2.05, 4.69) is 43.9 Å². The standard InChI is InChI=1S/C12H13BrN2S2/c1-17-12(4-5-12)7-15-10-6-8(13)2-3-9(10)14-11(15)16/h2-3,6H,4-5,7H2,1H3,(H,14,16). The number of aromatic nitrogens is 2. The fourth-order valence-corrected chi connectivity index (χ4v) is 3.53. The van der Waals surface area contributed by atoms with E-state index in [0.717, 1.165) is 21.3 Å². The molecule has 0 amide bonds. The molecule has 1 aliphatic rings. The molecule has 0 bridgehead atoms. The van der Waals surface area contributed by atoms with Crippen molar-refractivity contribution in [3.63, 3.8) is 0 Å². The van der Waals surface area contributed by atoms with Crippen molar-refractivity contribution >= 4 is 50.9 Å². The zero-order valence-electron chi connectivity index (χ0n) is 9.50. The number of benzene rings is 1. The lowest BCUT2D eigenvalue weighted by Crippen LogP contribution is -2.13. The zero-order chi connectivity index (χ0) is 12.0. The molecular weight excluding hydrogens is 316 g/mol. The van der Waals surface area contributed by atoms with Gasteiger partial charge in [0.1, 0.15) is 0 Å². The first-order valence-electron chi connectivity index (χ1n) is 5.57. The Kier molecular flexibility index (Phi) is 2.88. The fourth-order valence-electron chi connectivity index (χ4n) is 2.14. The number of rotatable bonds is 3. The summed E-state index contributed by atoms with van der Waals surface area (Å²) in [5, 5.41) is 0. The highest BCUT2D eigenvalue weighted by atomic mass is 79.9. The molecule has 3 rings (SSSR count). The molecule has 5 heteroatoms. The van der Waals surface area contributed by atoms with Crippen molar-refractivity contribution in [3.05, 3.63) is 27.4 Å². The van der Waals surface area contributed by atoms with Crippen LogP contribution in [0.5, 0.6) is 0 Å². The first kappa shape index (κ1) is 11.8. The summed E-state index contributed by atoms with van der Waals surface area (Å²) in [4.78, 5) is 3.28. The van der Waals surface area contributed by atoms with Gasteiger partial charge < -0.3 is 9.55 Å². The van der Waals surface area contributed by atoms with Gasteiger partial charge in [0, 0.05) is 15.8 Å². The molecule has 1 aromatic heterocycles. The third-order valence-corrected chi connectivity index (χ3v) is 5.64. The third-order valence-electron chi connectivity index (χ3n) is 3.42. The number of fused-ring (bicyclic) bond motifs is 1. The summed E-state index contributed by atoms with van der Waals surface area (Å²) in [7, 11) is 0. The molecule has 1 aromatic carbocycles. The van der Waals surface area contributed by atoms with Gasteiger partial charge in [0.15, 0.2) is 4.77 Å².